The zero-order chi connectivity index (χ0) is 13.6. The van der Waals surface area contributed by atoms with Gasteiger partial charge >= 0.3 is 0 Å². The first-order valence-electron chi connectivity index (χ1n) is 7.12. The van der Waals surface area contributed by atoms with Crippen LogP contribution >= 0.6 is 0 Å². The van der Waals surface area contributed by atoms with Gasteiger partial charge in [0.2, 0.25) is 0 Å². The Kier molecular flexibility index (Phi) is 6.57. The average molecular weight is 258 g/mol. The van der Waals surface area contributed by atoms with Crippen molar-refractivity contribution >= 4 is 0 Å². The molecule has 1 fully saturated rings. The van der Waals surface area contributed by atoms with E-state index >= 15 is 0 Å². The van der Waals surface area contributed by atoms with E-state index in [1.807, 2.05) is 0 Å². The molecule has 3 N–H and O–H groups in total. The normalized spacial score (nSPS) is 26.5. The van der Waals surface area contributed by atoms with Crippen LogP contribution < -0.4 is 5.32 Å². The molecule has 18 heavy (non-hydrogen) atoms. The molecule has 0 bridgehead atoms. The lowest BCUT2D eigenvalue weighted by molar-refractivity contribution is 0.0989. The number of nitrogens with zero attached hydrogens (tertiary/aromatic N) is 1. The molecular weight excluding hydrogens is 228 g/mol. The summed E-state index contributed by atoms with van der Waals surface area (Å²) in [5, 5.41) is 21.8. The molecule has 0 aliphatic carbocycles. The van der Waals surface area contributed by atoms with Crippen molar-refractivity contribution in [2.45, 2.75) is 39.7 Å². The second kappa shape index (κ2) is 7.43. The second-order valence-corrected chi connectivity index (χ2v) is 6.74. The van der Waals surface area contributed by atoms with E-state index in [0.717, 1.165) is 39.0 Å². The smallest absolute Gasteiger partial charge is 0.0558 e. The molecule has 1 heterocycles. The molecule has 0 saturated carbocycles. The number of hydrogen-bond donors (Lipinski definition) is 3. The summed E-state index contributed by atoms with van der Waals surface area (Å²) in [6.07, 6.45) is 2.01. The Morgan fingerprint density at radius 1 is 1.17 bits per heavy atom. The summed E-state index contributed by atoms with van der Waals surface area (Å²) in [5.41, 5.74) is 0.297. The number of aliphatic hydroxyl groups excluding tert-OH is 2. The first-order valence-corrected chi connectivity index (χ1v) is 7.12. The maximum atomic E-state index is 9.09. The zero-order valence-electron chi connectivity index (χ0n) is 12.2. The third-order valence-corrected chi connectivity index (χ3v) is 3.49. The average Bonchev–Trinajstić information content (AvgIpc) is 2.26. The number of nitrogens with one attached hydrogen (secondary N) is 1. The Labute approximate surface area is 111 Å². The lowest BCUT2D eigenvalue weighted by Crippen LogP contribution is -2.51. The summed E-state index contributed by atoms with van der Waals surface area (Å²) < 4.78 is 0. The number of aliphatic hydroxyl groups is 2. The molecule has 4 heteroatoms. The SMILES string of the molecule is CC(C)(C)CNC1CC(CCO)CN(CCO)C1. The second-order valence-electron chi connectivity index (χ2n) is 6.74. The third kappa shape index (κ3) is 6.14. The standard InChI is InChI=1S/C14H30N2O2/c1-14(2,3)11-15-13-8-12(4-6-17)9-16(10-13)5-7-18/h12-13,15,17-18H,4-11H2,1-3H3. The van der Waals surface area contributed by atoms with E-state index in [4.69, 9.17) is 10.2 Å². The minimum atomic E-state index is 0.220. The first kappa shape index (κ1) is 15.9. The molecule has 2 unspecified atom stereocenters. The van der Waals surface area contributed by atoms with Gasteiger partial charge in [-0.3, -0.25) is 4.90 Å². The van der Waals surface area contributed by atoms with Gasteiger partial charge in [0.15, 0.2) is 0 Å². The van der Waals surface area contributed by atoms with E-state index in [1.165, 1.54) is 0 Å². The number of hydrogen-bond acceptors (Lipinski definition) is 4. The van der Waals surface area contributed by atoms with Crippen molar-refractivity contribution in [3.63, 3.8) is 0 Å². The summed E-state index contributed by atoms with van der Waals surface area (Å²) in [7, 11) is 0. The fraction of sp³-hybridized carbons (Fsp3) is 1.00. The topological polar surface area (TPSA) is 55.7 Å². The van der Waals surface area contributed by atoms with Crippen LogP contribution in [-0.4, -0.2) is 60.5 Å². The number of likely N-dealkylation sites (tertiary alicyclic amines) is 1. The quantitative estimate of drug-likeness (QED) is 0.656. The largest absolute Gasteiger partial charge is 0.396 e. The van der Waals surface area contributed by atoms with Gasteiger partial charge in [-0.25, -0.2) is 0 Å². The van der Waals surface area contributed by atoms with Crippen molar-refractivity contribution in [1.82, 2.24) is 10.2 Å². The van der Waals surface area contributed by atoms with Crippen LogP contribution in [0, 0.1) is 11.3 Å². The maximum absolute atomic E-state index is 9.09. The van der Waals surface area contributed by atoms with Crippen LogP contribution in [0.4, 0.5) is 0 Å². The molecule has 1 aliphatic rings. The molecular formula is C14H30N2O2. The van der Waals surface area contributed by atoms with Crippen molar-refractivity contribution in [2.24, 2.45) is 11.3 Å². The fourth-order valence-electron chi connectivity index (χ4n) is 2.62. The Morgan fingerprint density at radius 3 is 2.44 bits per heavy atom. The summed E-state index contributed by atoms with van der Waals surface area (Å²) in [5.74, 6) is 0.549. The van der Waals surface area contributed by atoms with Crippen LogP contribution in [0.3, 0.4) is 0 Å². The van der Waals surface area contributed by atoms with E-state index in [2.05, 4.69) is 31.0 Å². The first-order chi connectivity index (χ1) is 8.44. The Morgan fingerprint density at radius 2 is 1.89 bits per heavy atom. The Hall–Kier alpha value is -0.160. The summed E-state index contributed by atoms with van der Waals surface area (Å²) in [6, 6.07) is 0.487. The van der Waals surface area contributed by atoms with Crippen LogP contribution in [-0.2, 0) is 0 Å². The predicted molar refractivity (Wildman–Crippen MR) is 74.6 cm³/mol. The van der Waals surface area contributed by atoms with E-state index < -0.39 is 0 Å². The Bertz CT molecular complexity index is 214. The van der Waals surface area contributed by atoms with E-state index in [0.29, 0.717) is 17.4 Å². The van der Waals surface area contributed by atoms with Crippen molar-refractivity contribution in [2.75, 3.05) is 39.4 Å². The minimum Gasteiger partial charge on any atom is -0.396 e. The van der Waals surface area contributed by atoms with Gasteiger partial charge in [-0.15, -0.1) is 0 Å². The van der Waals surface area contributed by atoms with Crippen LogP contribution in [0.2, 0.25) is 0 Å². The maximum Gasteiger partial charge on any atom is 0.0558 e. The van der Waals surface area contributed by atoms with Gasteiger partial charge in [0.05, 0.1) is 6.61 Å². The summed E-state index contributed by atoms with van der Waals surface area (Å²) in [6.45, 7) is 11.0. The van der Waals surface area contributed by atoms with Gasteiger partial charge < -0.3 is 15.5 Å². The number of piperidine rings is 1. The van der Waals surface area contributed by atoms with Crippen molar-refractivity contribution in [1.29, 1.82) is 0 Å². The molecule has 1 rings (SSSR count). The zero-order valence-corrected chi connectivity index (χ0v) is 12.2. The predicted octanol–water partition coefficient (Wildman–Crippen LogP) is 0.687. The molecule has 0 radical (unpaired) electrons. The van der Waals surface area contributed by atoms with Crippen LogP contribution in [0.5, 0.6) is 0 Å². The summed E-state index contributed by atoms with van der Waals surface area (Å²) >= 11 is 0. The van der Waals surface area contributed by atoms with Gasteiger partial charge in [-0.05, 0) is 24.2 Å². The molecule has 0 aromatic carbocycles. The molecule has 1 saturated heterocycles. The lowest BCUT2D eigenvalue weighted by Gasteiger charge is -2.39. The third-order valence-electron chi connectivity index (χ3n) is 3.49. The highest BCUT2D eigenvalue weighted by atomic mass is 16.3. The van der Waals surface area contributed by atoms with Crippen LogP contribution in [0.25, 0.3) is 0 Å². The van der Waals surface area contributed by atoms with Crippen molar-refractivity contribution in [3.05, 3.63) is 0 Å². The number of β-amino-alcohol motifs (C(OH)–C–C–N with tert-alkyl or cyclic N) is 1. The van der Waals surface area contributed by atoms with Crippen LogP contribution in [0.1, 0.15) is 33.6 Å². The van der Waals surface area contributed by atoms with Gasteiger partial charge in [0.1, 0.15) is 0 Å². The van der Waals surface area contributed by atoms with Crippen molar-refractivity contribution < 1.29 is 10.2 Å². The highest BCUT2D eigenvalue weighted by Crippen LogP contribution is 2.21. The fourth-order valence-corrected chi connectivity index (χ4v) is 2.62. The molecule has 0 aromatic heterocycles. The minimum absolute atomic E-state index is 0.220. The number of rotatable bonds is 6. The molecule has 0 spiro atoms. The van der Waals surface area contributed by atoms with E-state index in [9.17, 15) is 0 Å². The molecule has 108 valence electrons. The monoisotopic (exact) mass is 258 g/mol. The molecule has 4 nitrogen and oxygen atoms in total. The van der Waals surface area contributed by atoms with Gasteiger partial charge in [0, 0.05) is 38.8 Å². The van der Waals surface area contributed by atoms with E-state index in [1.54, 1.807) is 0 Å². The molecule has 1 aliphatic heterocycles. The van der Waals surface area contributed by atoms with Gasteiger partial charge in [0.25, 0.3) is 0 Å². The molecule has 0 aromatic rings. The lowest BCUT2D eigenvalue weighted by atomic mass is 9.90. The Balaban J connectivity index is 2.44. The van der Waals surface area contributed by atoms with Gasteiger partial charge in [-0.2, -0.15) is 0 Å². The van der Waals surface area contributed by atoms with E-state index in [-0.39, 0.29) is 13.2 Å². The van der Waals surface area contributed by atoms with Crippen molar-refractivity contribution in [3.8, 4) is 0 Å². The molecule has 2 atom stereocenters. The highest BCUT2D eigenvalue weighted by molar-refractivity contribution is 4.84. The molecule has 0 amide bonds. The summed E-state index contributed by atoms with van der Waals surface area (Å²) in [4.78, 5) is 2.31. The van der Waals surface area contributed by atoms with Gasteiger partial charge in [-0.1, -0.05) is 20.8 Å². The highest BCUT2D eigenvalue weighted by Gasteiger charge is 2.27. The van der Waals surface area contributed by atoms with Crippen LogP contribution in [0.15, 0.2) is 0 Å².